The summed E-state index contributed by atoms with van der Waals surface area (Å²) in [5.41, 5.74) is 0. The number of nitrogens with one attached hydrogen (secondary N) is 1. The molecule has 0 atom stereocenters. The third-order valence-corrected chi connectivity index (χ3v) is 7.11. The number of hydrogen-bond acceptors (Lipinski definition) is 4. The maximum absolute atomic E-state index is 12.6. The molecule has 19 heavy (non-hydrogen) atoms. The first-order valence-electron chi connectivity index (χ1n) is 6.44. The standard InChI is InChI=1S/C12H19BrN2O2S2/c1-3-14-10-4-6-15(7-5-10)19(16,17)11-8-12(13)18-9(11)2/h8,10,14H,3-7H2,1-2H3. The van der Waals surface area contributed by atoms with E-state index in [4.69, 9.17) is 0 Å². The second kappa shape index (κ2) is 6.22. The Hall–Kier alpha value is 0.0500. The lowest BCUT2D eigenvalue weighted by Crippen LogP contribution is -2.44. The molecular formula is C12H19BrN2O2S2. The number of nitrogens with zero attached hydrogens (tertiary/aromatic N) is 1. The van der Waals surface area contributed by atoms with Crippen molar-refractivity contribution < 1.29 is 8.42 Å². The first-order chi connectivity index (χ1) is 8.95. The summed E-state index contributed by atoms with van der Waals surface area (Å²) in [6.45, 7) is 6.08. The van der Waals surface area contributed by atoms with E-state index >= 15 is 0 Å². The van der Waals surface area contributed by atoms with E-state index in [1.54, 1.807) is 10.4 Å². The monoisotopic (exact) mass is 366 g/mol. The van der Waals surface area contributed by atoms with Crippen LogP contribution in [-0.4, -0.2) is 38.4 Å². The number of rotatable bonds is 4. The van der Waals surface area contributed by atoms with E-state index in [-0.39, 0.29) is 0 Å². The van der Waals surface area contributed by atoms with Crippen LogP contribution in [-0.2, 0) is 10.0 Å². The summed E-state index contributed by atoms with van der Waals surface area (Å²) in [6.07, 6.45) is 1.77. The molecule has 1 aromatic rings. The third-order valence-electron chi connectivity index (χ3n) is 3.41. The Bertz CT molecular complexity index is 534. The Kier molecular flexibility index (Phi) is 5.05. The van der Waals surface area contributed by atoms with Crippen molar-refractivity contribution in [3.05, 3.63) is 14.7 Å². The molecule has 0 bridgehead atoms. The SMILES string of the molecule is CCNC1CCN(S(=O)(=O)c2cc(Br)sc2C)CC1. The molecule has 1 fully saturated rings. The second-order valence-electron chi connectivity index (χ2n) is 4.71. The van der Waals surface area contributed by atoms with Crippen LogP contribution in [0.1, 0.15) is 24.6 Å². The van der Waals surface area contributed by atoms with Crippen molar-refractivity contribution in [3.63, 3.8) is 0 Å². The van der Waals surface area contributed by atoms with Gasteiger partial charge in [0.15, 0.2) is 0 Å². The van der Waals surface area contributed by atoms with Gasteiger partial charge in [0.2, 0.25) is 10.0 Å². The molecule has 108 valence electrons. The van der Waals surface area contributed by atoms with Gasteiger partial charge in [-0.1, -0.05) is 6.92 Å². The van der Waals surface area contributed by atoms with Crippen LogP contribution in [0.5, 0.6) is 0 Å². The van der Waals surface area contributed by atoms with E-state index in [1.165, 1.54) is 11.3 Å². The molecule has 0 spiro atoms. The van der Waals surface area contributed by atoms with Crippen LogP contribution < -0.4 is 5.32 Å². The first kappa shape index (κ1) is 15.4. The van der Waals surface area contributed by atoms with Gasteiger partial charge in [0.25, 0.3) is 0 Å². The molecule has 0 amide bonds. The molecule has 1 aliphatic rings. The third kappa shape index (κ3) is 3.39. The van der Waals surface area contributed by atoms with Gasteiger partial charge in [-0.15, -0.1) is 11.3 Å². The van der Waals surface area contributed by atoms with Gasteiger partial charge in [0.1, 0.15) is 0 Å². The van der Waals surface area contributed by atoms with Crippen LogP contribution in [0, 0.1) is 6.92 Å². The Balaban J connectivity index is 2.12. The van der Waals surface area contributed by atoms with E-state index in [9.17, 15) is 8.42 Å². The summed E-state index contributed by atoms with van der Waals surface area (Å²) in [7, 11) is -3.32. The van der Waals surface area contributed by atoms with Crippen molar-refractivity contribution in [2.75, 3.05) is 19.6 Å². The molecule has 0 aromatic carbocycles. The van der Waals surface area contributed by atoms with E-state index < -0.39 is 10.0 Å². The van der Waals surface area contributed by atoms with Crippen LogP contribution in [0.25, 0.3) is 0 Å². The minimum Gasteiger partial charge on any atom is -0.314 e. The molecule has 2 rings (SSSR count). The molecular weight excluding hydrogens is 348 g/mol. The Morgan fingerprint density at radius 3 is 2.58 bits per heavy atom. The Morgan fingerprint density at radius 2 is 2.11 bits per heavy atom. The largest absolute Gasteiger partial charge is 0.314 e. The van der Waals surface area contributed by atoms with Gasteiger partial charge in [-0.2, -0.15) is 4.31 Å². The lowest BCUT2D eigenvalue weighted by molar-refractivity contribution is 0.292. The summed E-state index contributed by atoms with van der Waals surface area (Å²) < 4.78 is 27.6. The predicted octanol–water partition coefficient (Wildman–Crippen LogP) is 2.58. The number of hydrogen-bond donors (Lipinski definition) is 1. The van der Waals surface area contributed by atoms with Gasteiger partial charge in [-0.3, -0.25) is 0 Å². The first-order valence-corrected chi connectivity index (χ1v) is 9.49. The summed E-state index contributed by atoms with van der Waals surface area (Å²) in [6, 6.07) is 2.16. The number of piperidine rings is 1. The van der Waals surface area contributed by atoms with Gasteiger partial charge in [0, 0.05) is 24.0 Å². The zero-order valence-corrected chi connectivity index (χ0v) is 14.4. The quantitative estimate of drug-likeness (QED) is 0.890. The van der Waals surface area contributed by atoms with Gasteiger partial charge in [-0.25, -0.2) is 8.42 Å². The highest BCUT2D eigenvalue weighted by molar-refractivity contribution is 9.11. The van der Waals surface area contributed by atoms with Gasteiger partial charge in [-0.05, 0) is 48.3 Å². The molecule has 7 heteroatoms. The second-order valence-corrected chi connectivity index (χ2v) is 9.25. The van der Waals surface area contributed by atoms with E-state index in [2.05, 4.69) is 28.2 Å². The Labute approximate surface area is 127 Å². The van der Waals surface area contributed by atoms with Crippen molar-refractivity contribution in [2.24, 2.45) is 0 Å². The highest BCUT2D eigenvalue weighted by Crippen LogP contribution is 2.32. The molecule has 1 saturated heterocycles. The van der Waals surface area contributed by atoms with Gasteiger partial charge >= 0.3 is 0 Å². The van der Waals surface area contributed by atoms with Crippen molar-refractivity contribution in [3.8, 4) is 0 Å². The van der Waals surface area contributed by atoms with Crippen molar-refractivity contribution in [1.29, 1.82) is 0 Å². The zero-order chi connectivity index (χ0) is 14.0. The van der Waals surface area contributed by atoms with Crippen LogP contribution in [0.15, 0.2) is 14.7 Å². The Morgan fingerprint density at radius 1 is 1.47 bits per heavy atom. The van der Waals surface area contributed by atoms with E-state index in [0.29, 0.717) is 24.0 Å². The molecule has 1 N–H and O–H groups in total. The molecule has 0 unspecified atom stereocenters. The smallest absolute Gasteiger partial charge is 0.244 e. The van der Waals surface area contributed by atoms with Crippen LogP contribution in [0.3, 0.4) is 0 Å². The fourth-order valence-corrected chi connectivity index (χ4v) is 6.27. The predicted molar refractivity (Wildman–Crippen MR) is 82.2 cm³/mol. The van der Waals surface area contributed by atoms with Crippen molar-refractivity contribution in [2.45, 2.75) is 37.6 Å². The van der Waals surface area contributed by atoms with Crippen LogP contribution in [0.2, 0.25) is 0 Å². The minimum atomic E-state index is -3.32. The molecule has 0 aliphatic carbocycles. The highest BCUT2D eigenvalue weighted by atomic mass is 79.9. The summed E-state index contributed by atoms with van der Waals surface area (Å²) in [5.74, 6) is 0. The summed E-state index contributed by atoms with van der Waals surface area (Å²) in [4.78, 5) is 1.30. The molecule has 1 aromatic heterocycles. The van der Waals surface area contributed by atoms with Crippen molar-refractivity contribution >= 4 is 37.3 Å². The van der Waals surface area contributed by atoms with Gasteiger partial charge in [0.05, 0.1) is 8.68 Å². The molecule has 2 heterocycles. The molecule has 0 radical (unpaired) electrons. The normalized spacial score (nSPS) is 18.9. The van der Waals surface area contributed by atoms with Crippen LogP contribution >= 0.6 is 27.3 Å². The fourth-order valence-electron chi connectivity index (χ4n) is 2.41. The van der Waals surface area contributed by atoms with E-state index in [0.717, 1.165) is 28.0 Å². The average molecular weight is 367 g/mol. The zero-order valence-electron chi connectivity index (χ0n) is 11.1. The number of aryl methyl sites for hydroxylation is 1. The summed E-state index contributed by atoms with van der Waals surface area (Å²) >= 11 is 4.82. The number of sulfonamides is 1. The van der Waals surface area contributed by atoms with Crippen LogP contribution in [0.4, 0.5) is 0 Å². The maximum Gasteiger partial charge on any atom is 0.244 e. The maximum atomic E-state index is 12.6. The van der Waals surface area contributed by atoms with Crippen molar-refractivity contribution in [1.82, 2.24) is 9.62 Å². The number of thiophene rings is 1. The topological polar surface area (TPSA) is 49.4 Å². The fraction of sp³-hybridized carbons (Fsp3) is 0.667. The molecule has 4 nitrogen and oxygen atoms in total. The average Bonchev–Trinajstić information content (AvgIpc) is 2.70. The number of halogens is 1. The lowest BCUT2D eigenvalue weighted by Gasteiger charge is -2.31. The lowest BCUT2D eigenvalue weighted by atomic mass is 10.1. The summed E-state index contributed by atoms with van der Waals surface area (Å²) in [5, 5.41) is 3.38. The highest BCUT2D eigenvalue weighted by Gasteiger charge is 2.31. The molecule has 0 saturated carbocycles. The van der Waals surface area contributed by atoms with E-state index in [1.807, 2.05) is 6.92 Å². The molecule has 1 aliphatic heterocycles. The van der Waals surface area contributed by atoms with Gasteiger partial charge < -0.3 is 5.32 Å². The minimum absolute atomic E-state index is 0.450.